The summed E-state index contributed by atoms with van der Waals surface area (Å²) in [5, 5.41) is 10.5. The van der Waals surface area contributed by atoms with E-state index < -0.39 is 8.07 Å². The second-order valence-electron chi connectivity index (χ2n) is 18.5. The van der Waals surface area contributed by atoms with Crippen molar-refractivity contribution in [2.24, 2.45) is 0 Å². The van der Waals surface area contributed by atoms with Crippen LogP contribution in [0.15, 0.2) is 243 Å². The normalized spacial score (nSPS) is 13.1. The van der Waals surface area contributed by atoms with Gasteiger partial charge in [0.1, 0.15) is 0 Å². The molecule has 1 aliphatic carbocycles. The molecule has 3 heteroatoms. The van der Waals surface area contributed by atoms with E-state index >= 15 is 0 Å². The predicted octanol–water partition coefficient (Wildman–Crippen LogP) is 13.2. The minimum atomic E-state index is -2.73. The number of fused-ring (bicyclic) bond motifs is 9. The quantitative estimate of drug-likeness (QED) is 0.112. The van der Waals surface area contributed by atoms with Crippen LogP contribution in [0.2, 0.25) is 0 Å². The van der Waals surface area contributed by atoms with Crippen LogP contribution >= 0.6 is 0 Å². The third kappa shape index (κ3) is 5.60. The van der Waals surface area contributed by atoms with Gasteiger partial charge in [-0.3, -0.25) is 0 Å². The molecule has 0 radical (unpaired) electrons. The lowest BCUT2D eigenvalue weighted by atomic mass is 9.82. The van der Waals surface area contributed by atoms with Gasteiger partial charge >= 0.3 is 0 Å². The molecule has 2 heterocycles. The number of hydrogen-bond donors (Lipinski definition) is 0. The molecule has 2 aromatic heterocycles. The zero-order valence-electron chi connectivity index (χ0n) is 37.0. The Hall–Kier alpha value is -7.98. The minimum Gasteiger partial charge on any atom is -0.309 e. The van der Waals surface area contributed by atoms with E-state index in [0.29, 0.717) is 0 Å². The number of hydrogen-bond acceptors (Lipinski definition) is 0. The largest absolute Gasteiger partial charge is 0.309 e. The first-order chi connectivity index (χ1) is 32.5. The first-order valence-electron chi connectivity index (χ1n) is 23.1. The molecule has 0 bridgehead atoms. The van der Waals surface area contributed by atoms with Gasteiger partial charge in [0.2, 0.25) is 0 Å². The summed E-state index contributed by atoms with van der Waals surface area (Å²) in [7, 11) is -2.73. The van der Waals surface area contributed by atoms with Crippen molar-refractivity contribution >= 4 is 72.4 Å². The molecule has 1 aliphatic rings. The van der Waals surface area contributed by atoms with Gasteiger partial charge in [-0.25, -0.2) is 0 Å². The van der Waals surface area contributed by atoms with Crippen LogP contribution in [0.25, 0.3) is 77.2 Å². The van der Waals surface area contributed by atoms with Gasteiger partial charge in [0.15, 0.2) is 8.07 Å². The number of rotatable bonds is 7. The first kappa shape index (κ1) is 38.5. The molecular weight excluding hydrogens is 813 g/mol. The van der Waals surface area contributed by atoms with Crippen LogP contribution in [0.1, 0.15) is 25.0 Å². The standard InChI is InChI=1S/C63H46N2Si/c1-63(2)57-30-15-12-27-51(57)52-36-35-46(42-58(52)63)65-60-32-17-14-29-54(60)56-40-44(34-38-62(56)65)43-33-37-61-55(39-43)53-28-13-16-31-59(53)64(61)45-19-18-26-50(41-45)66(47-20-6-3-7-21-47,48-22-8-4-9-23-48)49-24-10-5-11-25-49/h3-42H,1-2H3. The summed E-state index contributed by atoms with van der Waals surface area (Å²) in [5.74, 6) is 0. The fraction of sp³-hybridized carbons (Fsp3) is 0.0476. The Morgan fingerprint density at radius 3 is 1.30 bits per heavy atom. The molecule has 0 aliphatic heterocycles. The zero-order valence-corrected chi connectivity index (χ0v) is 38.0. The Labute approximate surface area is 386 Å². The van der Waals surface area contributed by atoms with Gasteiger partial charge in [0.25, 0.3) is 0 Å². The summed E-state index contributed by atoms with van der Waals surface area (Å²) < 4.78 is 4.94. The lowest BCUT2D eigenvalue weighted by Gasteiger charge is -2.34. The number of benzene rings is 10. The highest BCUT2D eigenvalue weighted by Gasteiger charge is 2.41. The molecule has 312 valence electrons. The van der Waals surface area contributed by atoms with Crippen molar-refractivity contribution in [2.75, 3.05) is 0 Å². The average molecular weight is 859 g/mol. The van der Waals surface area contributed by atoms with Crippen molar-refractivity contribution in [3.8, 4) is 33.6 Å². The number of nitrogens with zero attached hydrogens (tertiary/aromatic N) is 2. The van der Waals surface area contributed by atoms with E-state index in [1.54, 1.807) is 0 Å². The summed E-state index contributed by atoms with van der Waals surface area (Å²) in [6.45, 7) is 4.72. The van der Waals surface area contributed by atoms with Gasteiger partial charge in [0.05, 0.1) is 22.1 Å². The van der Waals surface area contributed by atoms with E-state index in [2.05, 4.69) is 266 Å². The maximum absolute atomic E-state index is 2.73. The summed E-state index contributed by atoms with van der Waals surface area (Å²) >= 11 is 0. The van der Waals surface area contributed by atoms with Gasteiger partial charge < -0.3 is 9.13 Å². The van der Waals surface area contributed by atoms with Crippen LogP contribution in [0.4, 0.5) is 0 Å². The van der Waals surface area contributed by atoms with E-state index in [0.717, 1.165) is 0 Å². The van der Waals surface area contributed by atoms with Crippen molar-refractivity contribution < 1.29 is 0 Å². The zero-order chi connectivity index (χ0) is 44.0. The lowest BCUT2D eigenvalue weighted by molar-refractivity contribution is 0.660. The second kappa shape index (κ2) is 14.8. The minimum absolute atomic E-state index is 0.0722. The number of aromatic nitrogens is 2. The van der Waals surface area contributed by atoms with Crippen molar-refractivity contribution in [3.05, 3.63) is 254 Å². The van der Waals surface area contributed by atoms with E-state index in [4.69, 9.17) is 0 Å². The van der Waals surface area contributed by atoms with Crippen LogP contribution in [0.3, 0.4) is 0 Å². The van der Waals surface area contributed by atoms with Gasteiger partial charge in [-0.15, -0.1) is 0 Å². The molecule has 0 fully saturated rings. The molecular formula is C63H46N2Si. The van der Waals surface area contributed by atoms with Crippen LogP contribution < -0.4 is 20.7 Å². The second-order valence-corrected chi connectivity index (χ2v) is 22.3. The van der Waals surface area contributed by atoms with Crippen molar-refractivity contribution in [2.45, 2.75) is 19.3 Å². The Morgan fingerprint density at radius 2 is 0.742 bits per heavy atom. The summed E-state index contributed by atoms with van der Waals surface area (Å²) in [6, 6.07) is 90.9. The van der Waals surface area contributed by atoms with E-state index in [1.807, 2.05) is 0 Å². The molecule has 13 rings (SSSR count). The maximum atomic E-state index is 2.48. The Balaban J connectivity index is 0.958. The van der Waals surface area contributed by atoms with Gasteiger partial charge in [-0.1, -0.05) is 196 Å². The molecule has 2 nitrogen and oxygen atoms in total. The Kier molecular flexibility index (Phi) is 8.62. The SMILES string of the molecule is CC1(C)c2ccccc2-c2ccc(-n3c4ccccc4c4cc(-c5ccc6c(c5)c5ccccc5n6-c5cccc([Si](c6ccccc6)(c6ccccc6)c6ccccc6)c5)ccc43)cc21. The molecule has 0 atom stereocenters. The third-order valence-corrected chi connectivity index (χ3v) is 19.4. The van der Waals surface area contributed by atoms with Crippen LogP contribution in [-0.4, -0.2) is 17.2 Å². The predicted molar refractivity (Wildman–Crippen MR) is 282 cm³/mol. The molecule has 0 saturated heterocycles. The summed E-state index contributed by atoms with van der Waals surface area (Å²) in [5.41, 5.74) is 15.0. The van der Waals surface area contributed by atoms with E-state index in [-0.39, 0.29) is 5.41 Å². The monoisotopic (exact) mass is 858 g/mol. The summed E-state index contributed by atoms with van der Waals surface area (Å²) in [4.78, 5) is 0. The lowest BCUT2D eigenvalue weighted by Crippen LogP contribution is -2.74. The Bertz CT molecular complexity index is 3740. The van der Waals surface area contributed by atoms with Crippen LogP contribution in [-0.2, 0) is 5.41 Å². The van der Waals surface area contributed by atoms with Crippen LogP contribution in [0.5, 0.6) is 0 Å². The Morgan fingerprint density at radius 1 is 0.303 bits per heavy atom. The van der Waals surface area contributed by atoms with Gasteiger partial charge in [-0.2, -0.15) is 0 Å². The fourth-order valence-corrected chi connectivity index (χ4v) is 16.4. The maximum Gasteiger partial charge on any atom is 0.179 e. The first-order valence-corrected chi connectivity index (χ1v) is 25.1. The van der Waals surface area contributed by atoms with Crippen molar-refractivity contribution in [1.82, 2.24) is 9.13 Å². The highest BCUT2D eigenvalue weighted by Crippen LogP contribution is 2.49. The molecule has 0 unspecified atom stereocenters. The highest BCUT2D eigenvalue weighted by atomic mass is 28.3. The van der Waals surface area contributed by atoms with Gasteiger partial charge in [-0.05, 0) is 115 Å². The molecule has 0 saturated carbocycles. The van der Waals surface area contributed by atoms with Gasteiger partial charge in [0, 0.05) is 38.3 Å². The smallest absolute Gasteiger partial charge is 0.179 e. The highest BCUT2D eigenvalue weighted by molar-refractivity contribution is 7.19. The fourth-order valence-electron chi connectivity index (χ4n) is 11.6. The van der Waals surface area contributed by atoms with E-state index in [1.165, 1.54) is 109 Å². The molecule has 0 spiro atoms. The van der Waals surface area contributed by atoms with Crippen LogP contribution in [0, 0.1) is 0 Å². The molecule has 12 aromatic rings. The molecule has 10 aromatic carbocycles. The average Bonchev–Trinajstić information content (AvgIpc) is 3.97. The molecule has 0 N–H and O–H groups in total. The summed E-state index contributed by atoms with van der Waals surface area (Å²) in [6.07, 6.45) is 0. The molecule has 66 heavy (non-hydrogen) atoms. The number of para-hydroxylation sites is 2. The molecule has 0 amide bonds. The van der Waals surface area contributed by atoms with Crippen molar-refractivity contribution in [1.29, 1.82) is 0 Å². The van der Waals surface area contributed by atoms with E-state index in [9.17, 15) is 0 Å². The third-order valence-electron chi connectivity index (χ3n) is 14.7. The topological polar surface area (TPSA) is 9.86 Å². The van der Waals surface area contributed by atoms with Crippen molar-refractivity contribution in [3.63, 3.8) is 0 Å².